The molecule has 25 heavy (non-hydrogen) atoms. The van der Waals surface area contributed by atoms with Gasteiger partial charge in [0.15, 0.2) is 11.8 Å². The number of ether oxygens (including phenoxy) is 2. The van der Waals surface area contributed by atoms with Gasteiger partial charge in [0, 0.05) is 6.20 Å². The van der Waals surface area contributed by atoms with Gasteiger partial charge in [0.2, 0.25) is 0 Å². The quantitative estimate of drug-likeness (QED) is 0.602. The van der Waals surface area contributed by atoms with Crippen molar-refractivity contribution in [2.45, 2.75) is 13.8 Å². The minimum Gasteiger partial charge on any atom is -0.493 e. The Bertz CT molecular complexity index is 749. The lowest BCUT2D eigenvalue weighted by Crippen LogP contribution is -2.21. The van der Waals surface area contributed by atoms with Crippen molar-refractivity contribution in [1.29, 1.82) is 0 Å². The van der Waals surface area contributed by atoms with E-state index in [4.69, 9.17) is 21.1 Å². The molecule has 6 nitrogen and oxygen atoms in total. The molecule has 0 aliphatic rings. The Morgan fingerprint density at radius 1 is 1.24 bits per heavy atom. The highest BCUT2D eigenvalue weighted by Crippen LogP contribution is 2.17. The molecule has 0 unspecified atom stereocenters. The van der Waals surface area contributed by atoms with Crippen molar-refractivity contribution in [3.63, 3.8) is 0 Å². The first-order valence-electron chi connectivity index (χ1n) is 7.76. The van der Waals surface area contributed by atoms with Gasteiger partial charge in [0.05, 0.1) is 17.9 Å². The van der Waals surface area contributed by atoms with E-state index in [-0.39, 0.29) is 5.15 Å². The highest BCUT2D eigenvalue weighted by Gasteiger charge is 2.12. The summed E-state index contributed by atoms with van der Waals surface area (Å²) in [6.07, 6.45) is 1.51. The van der Waals surface area contributed by atoms with Gasteiger partial charge in [-0.2, -0.15) is 0 Å². The normalized spacial score (nSPS) is 10.4. The zero-order chi connectivity index (χ0) is 18.2. The molecule has 1 aromatic heterocycles. The van der Waals surface area contributed by atoms with Gasteiger partial charge in [-0.1, -0.05) is 31.5 Å². The maximum Gasteiger partial charge on any atom is 0.338 e. The van der Waals surface area contributed by atoms with Crippen LogP contribution in [0.15, 0.2) is 42.6 Å². The summed E-state index contributed by atoms with van der Waals surface area (Å²) in [4.78, 5) is 27.8. The standard InChI is InChI=1S/C18H19ClN2O4/c1-12(2)10-24-14-6-3-5-13(9-14)18(23)25-11-16(22)21-15-7-4-8-20-17(15)19/h3-9,12H,10-11H2,1-2H3,(H,21,22). The molecule has 2 aromatic rings. The number of rotatable bonds is 7. The molecule has 7 heteroatoms. The van der Waals surface area contributed by atoms with Gasteiger partial charge in [-0.15, -0.1) is 0 Å². The SMILES string of the molecule is CC(C)COc1cccc(C(=O)OCC(=O)Nc2cccnc2Cl)c1. The second-order valence-corrected chi connectivity index (χ2v) is 6.06. The molecule has 0 fully saturated rings. The number of pyridine rings is 1. The monoisotopic (exact) mass is 362 g/mol. The molecule has 0 atom stereocenters. The third-order valence-corrected chi connectivity index (χ3v) is 3.32. The fourth-order valence-corrected chi connectivity index (χ4v) is 2.02. The minimum atomic E-state index is -0.609. The minimum absolute atomic E-state index is 0.164. The Kier molecular flexibility index (Phi) is 6.77. The van der Waals surface area contributed by atoms with Crippen molar-refractivity contribution in [2.24, 2.45) is 5.92 Å². The molecule has 1 N–H and O–H groups in total. The summed E-state index contributed by atoms with van der Waals surface area (Å²) < 4.78 is 10.6. The van der Waals surface area contributed by atoms with Crippen LogP contribution >= 0.6 is 11.6 Å². The lowest BCUT2D eigenvalue weighted by atomic mass is 10.2. The number of nitrogens with one attached hydrogen (secondary N) is 1. The van der Waals surface area contributed by atoms with E-state index in [9.17, 15) is 9.59 Å². The smallest absolute Gasteiger partial charge is 0.338 e. The van der Waals surface area contributed by atoms with Crippen LogP contribution in [0.5, 0.6) is 5.75 Å². The number of esters is 1. The highest BCUT2D eigenvalue weighted by molar-refractivity contribution is 6.32. The molecular weight excluding hydrogens is 344 g/mol. The molecule has 132 valence electrons. The fraction of sp³-hybridized carbons (Fsp3) is 0.278. The Morgan fingerprint density at radius 3 is 2.76 bits per heavy atom. The first-order chi connectivity index (χ1) is 12.0. The number of halogens is 1. The van der Waals surface area contributed by atoms with Crippen LogP contribution < -0.4 is 10.1 Å². The van der Waals surface area contributed by atoms with Gasteiger partial charge in [-0.3, -0.25) is 4.79 Å². The summed E-state index contributed by atoms with van der Waals surface area (Å²) in [6.45, 7) is 4.18. The van der Waals surface area contributed by atoms with Crippen molar-refractivity contribution >= 4 is 29.2 Å². The molecule has 0 saturated heterocycles. The zero-order valence-electron chi connectivity index (χ0n) is 14.0. The van der Waals surface area contributed by atoms with Crippen LogP contribution in [0.1, 0.15) is 24.2 Å². The number of carbonyl (C=O) groups excluding carboxylic acids is 2. The van der Waals surface area contributed by atoms with Crippen LogP contribution in [0.4, 0.5) is 5.69 Å². The summed E-state index contributed by atoms with van der Waals surface area (Å²) in [6, 6.07) is 9.87. The highest BCUT2D eigenvalue weighted by atomic mass is 35.5. The number of carbonyl (C=O) groups is 2. The average molecular weight is 363 g/mol. The average Bonchev–Trinajstić information content (AvgIpc) is 2.60. The molecular formula is C18H19ClN2O4. The van der Waals surface area contributed by atoms with E-state index in [1.54, 1.807) is 36.4 Å². The lowest BCUT2D eigenvalue weighted by molar-refractivity contribution is -0.119. The van der Waals surface area contributed by atoms with Gasteiger partial charge < -0.3 is 14.8 Å². The number of amides is 1. The van der Waals surface area contributed by atoms with Crippen LogP contribution in [-0.2, 0) is 9.53 Å². The zero-order valence-corrected chi connectivity index (χ0v) is 14.7. The molecule has 0 bridgehead atoms. The molecule has 0 saturated carbocycles. The number of hydrogen-bond donors (Lipinski definition) is 1. The van der Waals surface area contributed by atoms with Crippen LogP contribution in [0, 0.1) is 5.92 Å². The first kappa shape index (κ1) is 18.7. The summed E-state index contributed by atoms with van der Waals surface area (Å²) >= 11 is 5.85. The second kappa shape index (κ2) is 9.03. The largest absolute Gasteiger partial charge is 0.493 e. The van der Waals surface area contributed by atoms with E-state index in [1.807, 2.05) is 13.8 Å². The summed E-state index contributed by atoms with van der Waals surface area (Å²) in [5.74, 6) is -0.161. The molecule has 0 aliphatic carbocycles. The molecule has 1 heterocycles. The summed E-state index contributed by atoms with van der Waals surface area (Å²) in [7, 11) is 0. The molecule has 1 amide bonds. The van der Waals surface area contributed by atoms with Crippen LogP contribution in [-0.4, -0.2) is 30.1 Å². The Balaban J connectivity index is 1.88. The number of hydrogen-bond acceptors (Lipinski definition) is 5. The van der Waals surface area contributed by atoms with Crippen molar-refractivity contribution in [3.8, 4) is 5.75 Å². The van der Waals surface area contributed by atoms with Gasteiger partial charge in [-0.05, 0) is 36.2 Å². The number of nitrogens with zero attached hydrogens (tertiary/aromatic N) is 1. The van der Waals surface area contributed by atoms with E-state index in [0.29, 0.717) is 29.5 Å². The van der Waals surface area contributed by atoms with E-state index in [0.717, 1.165) is 0 Å². The Morgan fingerprint density at radius 2 is 2.04 bits per heavy atom. The fourth-order valence-electron chi connectivity index (χ4n) is 1.86. The van der Waals surface area contributed by atoms with Crippen LogP contribution in [0.3, 0.4) is 0 Å². The third kappa shape index (κ3) is 6.08. The topological polar surface area (TPSA) is 77.5 Å². The van der Waals surface area contributed by atoms with E-state index < -0.39 is 18.5 Å². The molecule has 0 spiro atoms. The Hall–Kier alpha value is -2.60. The Labute approximate surface area is 151 Å². The molecule has 2 rings (SSSR count). The molecule has 1 aromatic carbocycles. The molecule has 0 aliphatic heterocycles. The summed E-state index contributed by atoms with van der Waals surface area (Å²) in [5.41, 5.74) is 0.669. The van der Waals surface area contributed by atoms with Crippen molar-refractivity contribution < 1.29 is 19.1 Å². The lowest BCUT2D eigenvalue weighted by Gasteiger charge is -2.10. The van der Waals surface area contributed by atoms with E-state index >= 15 is 0 Å². The van der Waals surface area contributed by atoms with Crippen LogP contribution in [0.2, 0.25) is 5.15 Å². The van der Waals surface area contributed by atoms with Gasteiger partial charge in [0.1, 0.15) is 5.75 Å². The molecule has 0 radical (unpaired) electrons. The second-order valence-electron chi connectivity index (χ2n) is 5.70. The van der Waals surface area contributed by atoms with E-state index in [1.165, 1.54) is 6.20 Å². The number of anilines is 1. The van der Waals surface area contributed by atoms with Crippen LogP contribution in [0.25, 0.3) is 0 Å². The van der Waals surface area contributed by atoms with Gasteiger partial charge in [0.25, 0.3) is 5.91 Å². The third-order valence-electron chi connectivity index (χ3n) is 3.02. The van der Waals surface area contributed by atoms with Crippen molar-refractivity contribution in [1.82, 2.24) is 4.98 Å². The van der Waals surface area contributed by atoms with Gasteiger partial charge in [-0.25, -0.2) is 9.78 Å². The number of benzene rings is 1. The first-order valence-corrected chi connectivity index (χ1v) is 8.14. The summed E-state index contributed by atoms with van der Waals surface area (Å²) in [5, 5.41) is 2.69. The maximum absolute atomic E-state index is 12.1. The van der Waals surface area contributed by atoms with Crippen molar-refractivity contribution in [2.75, 3.05) is 18.5 Å². The van der Waals surface area contributed by atoms with Crippen molar-refractivity contribution in [3.05, 3.63) is 53.3 Å². The number of aromatic nitrogens is 1. The predicted molar refractivity (Wildman–Crippen MR) is 94.9 cm³/mol. The van der Waals surface area contributed by atoms with Gasteiger partial charge >= 0.3 is 5.97 Å². The van der Waals surface area contributed by atoms with E-state index in [2.05, 4.69) is 10.3 Å². The maximum atomic E-state index is 12.1. The predicted octanol–water partition coefficient (Wildman–Crippen LogP) is 3.57.